The van der Waals surface area contributed by atoms with Gasteiger partial charge in [0.1, 0.15) is 15.9 Å². The second-order valence-electron chi connectivity index (χ2n) is 3.59. The number of fused-ring (bicyclic) bond motifs is 1. The first-order chi connectivity index (χ1) is 8.95. The third-order valence-corrected chi connectivity index (χ3v) is 3.49. The summed E-state index contributed by atoms with van der Waals surface area (Å²) in [5.74, 6) is 0.581. The Morgan fingerprint density at radius 2 is 2.05 bits per heavy atom. The number of hydrogen-bond donors (Lipinski definition) is 1. The van der Waals surface area contributed by atoms with E-state index >= 15 is 0 Å². The van der Waals surface area contributed by atoms with Gasteiger partial charge in [-0.2, -0.15) is 0 Å². The zero-order valence-electron chi connectivity index (χ0n) is 9.54. The maximum Gasteiger partial charge on any atom is 0.314 e. The maximum atomic E-state index is 11.1. The zero-order chi connectivity index (χ0) is 14.2. The van der Waals surface area contributed by atoms with E-state index in [0.717, 1.165) is 5.69 Å². The van der Waals surface area contributed by atoms with Crippen LogP contribution in [0.5, 0.6) is 5.75 Å². The van der Waals surface area contributed by atoms with Crippen LogP contribution in [0.25, 0.3) is 5.70 Å². The average Bonchev–Trinajstić information content (AvgIpc) is 2.34. The Morgan fingerprint density at radius 1 is 1.37 bits per heavy atom. The Bertz CT molecular complexity index is 622. The smallest absolute Gasteiger partial charge is 0.314 e. The molecule has 0 atom stereocenters. The van der Waals surface area contributed by atoms with Crippen molar-refractivity contribution in [1.82, 2.24) is 0 Å². The molecular weight excluding hydrogens is 314 g/mol. The van der Waals surface area contributed by atoms with E-state index in [2.05, 4.69) is 5.32 Å². The fraction of sp³-hybridized carbons (Fsp3) is 0.0909. The Balaban J connectivity index is 2.59. The van der Waals surface area contributed by atoms with Crippen LogP contribution in [-0.4, -0.2) is 12.0 Å². The van der Waals surface area contributed by atoms with Gasteiger partial charge in [0.05, 0.1) is 12.0 Å². The van der Waals surface area contributed by atoms with Gasteiger partial charge in [-0.25, -0.2) is 0 Å². The van der Waals surface area contributed by atoms with E-state index in [1.807, 2.05) is 0 Å². The number of nitrogens with one attached hydrogen (secondary N) is 1. The number of halogens is 3. The van der Waals surface area contributed by atoms with Crippen LogP contribution < -0.4 is 10.1 Å². The largest absolute Gasteiger partial charge is 0.497 e. The first kappa shape index (κ1) is 14.0. The number of benzene rings is 1. The number of hydrogen-bond acceptors (Lipinski definition) is 4. The molecule has 1 aromatic carbocycles. The summed E-state index contributed by atoms with van der Waals surface area (Å²) >= 11 is 16.8. The molecule has 0 unspecified atom stereocenters. The average molecular weight is 322 g/mol. The topological polar surface area (TPSA) is 64.4 Å². The van der Waals surface area contributed by atoms with Crippen molar-refractivity contribution in [3.63, 3.8) is 0 Å². The molecule has 19 heavy (non-hydrogen) atoms. The van der Waals surface area contributed by atoms with Gasteiger partial charge in [-0.05, 0) is 18.2 Å². The molecule has 100 valence electrons. The van der Waals surface area contributed by atoms with Crippen LogP contribution in [0.4, 0.5) is 5.69 Å². The van der Waals surface area contributed by atoms with E-state index in [9.17, 15) is 10.1 Å². The molecule has 0 amide bonds. The van der Waals surface area contributed by atoms with Crippen LogP contribution in [0.3, 0.4) is 0 Å². The van der Waals surface area contributed by atoms with Crippen molar-refractivity contribution in [1.29, 1.82) is 0 Å². The van der Waals surface area contributed by atoms with Gasteiger partial charge >= 0.3 is 5.70 Å². The van der Waals surface area contributed by atoms with Crippen LogP contribution in [0.15, 0.2) is 33.4 Å². The van der Waals surface area contributed by atoms with Crippen molar-refractivity contribution in [2.24, 2.45) is 0 Å². The van der Waals surface area contributed by atoms with Crippen LogP contribution in [0.2, 0.25) is 0 Å². The van der Waals surface area contributed by atoms with Gasteiger partial charge in [-0.15, -0.1) is 0 Å². The molecule has 5 nitrogen and oxygen atoms in total. The third-order valence-electron chi connectivity index (χ3n) is 2.55. The van der Waals surface area contributed by atoms with Crippen LogP contribution >= 0.6 is 34.8 Å². The molecule has 0 aromatic heterocycles. The highest BCUT2D eigenvalue weighted by Gasteiger charge is 2.33. The summed E-state index contributed by atoms with van der Waals surface area (Å²) < 4.78 is 4.70. The minimum Gasteiger partial charge on any atom is -0.497 e. The van der Waals surface area contributed by atoms with E-state index < -0.39 is 4.92 Å². The molecule has 0 saturated heterocycles. The number of ether oxygens (including phenoxy) is 1. The summed E-state index contributed by atoms with van der Waals surface area (Å²) in [6.07, 6.45) is 0. The maximum absolute atomic E-state index is 11.1. The van der Waals surface area contributed by atoms with Crippen LogP contribution in [0, 0.1) is 10.1 Å². The zero-order valence-corrected chi connectivity index (χ0v) is 11.8. The predicted octanol–water partition coefficient (Wildman–Crippen LogP) is 3.95. The van der Waals surface area contributed by atoms with Crippen molar-refractivity contribution in [2.45, 2.75) is 0 Å². The Morgan fingerprint density at radius 3 is 2.58 bits per heavy atom. The Labute approximate surface area is 123 Å². The summed E-state index contributed by atoms with van der Waals surface area (Å²) in [7, 11) is 1.51. The number of allylic oxidation sites excluding steroid dienone is 1. The Kier molecular flexibility index (Phi) is 3.89. The fourth-order valence-electron chi connectivity index (χ4n) is 1.66. The summed E-state index contributed by atoms with van der Waals surface area (Å²) in [5, 5.41) is 13.6. The molecule has 1 N–H and O–H groups in total. The number of anilines is 1. The van der Waals surface area contributed by atoms with E-state index in [4.69, 9.17) is 39.5 Å². The summed E-state index contributed by atoms with van der Waals surface area (Å²) in [6, 6.07) is 5.15. The molecule has 1 aliphatic rings. The highest BCUT2D eigenvalue weighted by Crippen LogP contribution is 2.42. The number of nitrogens with zero attached hydrogens (tertiary/aromatic N) is 1. The number of methoxy groups -OCH3 is 1. The van der Waals surface area contributed by atoms with Gasteiger partial charge < -0.3 is 10.1 Å². The van der Waals surface area contributed by atoms with Gasteiger partial charge in [-0.1, -0.05) is 34.8 Å². The minimum absolute atomic E-state index is 0.253. The van der Waals surface area contributed by atoms with Crippen molar-refractivity contribution in [2.75, 3.05) is 12.4 Å². The molecule has 1 heterocycles. The normalized spacial score (nSPS) is 14.7. The molecule has 0 radical (unpaired) electrons. The molecule has 0 saturated carbocycles. The lowest BCUT2D eigenvalue weighted by Gasteiger charge is -2.25. The standard InChI is InChI=1S/C11H7Cl3N2O3/c1-19-5-2-3-7-6(4-5)9(15-7)10(16(17)18)8(12)11(13)14/h2-4,15H,1H3/b10-9-. The van der Waals surface area contributed by atoms with Crippen molar-refractivity contribution in [3.05, 3.63) is 49.1 Å². The molecule has 8 heteroatoms. The van der Waals surface area contributed by atoms with E-state index in [0.29, 0.717) is 11.3 Å². The van der Waals surface area contributed by atoms with Gasteiger partial charge in [-0.3, -0.25) is 10.1 Å². The number of nitro groups is 1. The molecule has 1 aliphatic heterocycles. The molecular formula is C11H7Cl3N2O3. The number of rotatable bonds is 3. The highest BCUT2D eigenvalue weighted by molar-refractivity contribution is 6.60. The fourth-order valence-corrected chi connectivity index (χ4v) is 2.01. The molecule has 0 bridgehead atoms. The lowest BCUT2D eigenvalue weighted by molar-refractivity contribution is -0.418. The first-order valence-corrected chi connectivity index (χ1v) is 6.14. The van der Waals surface area contributed by atoms with Gasteiger partial charge in [0.15, 0.2) is 5.03 Å². The summed E-state index contributed by atoms with van der Waals surface area (Å²) in [5.41, 5.74) is 1.24. The van der Waals surface area contributed by atoms with E-state index in [1.54, 1.807) is 18.2 Å². The SMILES string of the molecule is COc1ccc2c(c1)/C(=C(\C(Cl)=C(Cl)Cl)[N+](=O)[O-])N2. The molecule has 1 aromatic rings. The van der Waals surface area contributed by atoms with Crippen LogP contribution in [-0.2, 0) is 0 Å². The predicted molar refractivity (Wildman–Crippen MR) is 75.1 cm³/mol. The third kappa shape index (κ3) is 2.49. The van der Waals surface area contributed by atoms with Gasteiger partial charge in [0, 0.05) is 11.3 Å². The van der Waals surface area contributed by atoms with Gasteiger partial charge in [0.2, 0.25) is 0 Å². The molecule has 0 aliphatic carbocycles. The van der Waals surface area contributed by atoms with E-state index in [-0.39, 0.29) is 20.9 Å². The second kappa shape index (κ2) is 5.28. The van der Waals surface area contributed by atoms with Gasteiger partial charge in [0.25, 0.3) is 0 Å². The Hall–Kier alpha value is -1.43. The van der Waals surface area contributed by atoms with E-state index in [1.165, 1.54) is 7.11 Å². The van der Waals surface area contributed by atoms with Crippen molar-refractivity contribution in [3.8, 4) is 5.75 Å². The highest BCUT2D eigenvalue weighted by atomic mass is 35.5. The first-order valence-electron chi connectivity index (χ1n) is 5.01. The molecule has 0 fully saturated rings. The summed E-state index contributed by atoms with van der Waals surface area (Å²) in [6.45, 7) is 0. The lowest BCUT2D eigenvalue weighted by atomic mass is 9.99. The monoisotopic (exact) mass is 320 g/mol. The quantitative estimate of drug-likeness (QED) is 0.676. The lowest BCUT2D eigenvalue weighted by Crippen LogP contribution is -2.18. The second-order valence-corrected chi connectivity index (χ2v) is 4.92. The molecule has 0 spiro atoms. The van der Waals surface area contributed by atoms with Crippen molar-refractivity contribution >= 4 is 46.2 Å². The molecule has 2 rings (SSSR count). The van der Waals surface area contributed by atoms with Crippen LogP contribution in [0.1, 0.15) is 5.56 Å². The van der Waals surface area contributed by atoms with Crippen molar-refractivity contribution < 1.29 is 9.66 Å². The summed E-state index contributed by atoms with van der Waals surface area (Å²) in [4.78, 5) is 10.4. The minimum atomic E-state index is -0.641.